The highest BCUT2D eigenvalue weighted by atomic mass is 16.5. The molecule has 0 saturated carbocycles. The van der Waals surface area contributed by atoms with Gasteiger partial charge in [-0.05, 0) is 24.3 Å². The number of rotatable bonds is 10. The first-order valence-electron chi connectivity index (χ1n) is 9.16. The van der Waals surface area contributed by atoms with Crippen LogP contribution in [-0.4, -0.2) is 55.4 Å². The number of carbonyl (C=O) groups is 3. The zero-order valence-corrected chi connectivity index (χ0v) is 17.5. The molecule has 0 amide bonds. The van der Waals surface area contributed by atoms with Gasteiger partial charge in [0.25, 0.3) is 0 Å². The van der Waals surface area contributed by atoms with Gasteiger partial charge in [-0.2, -0.15) is 0 Å². The Bertz CT molecular complexity index is 986. The number of hydrogen-bond donors (Lipinski definition) is 2. The molecule has 0 spiro atoms. The fraction of sp³-hybridized carbons (Fsp3) is 0.174. The molecule has 2 aromatic carbocycles. The zero-order chi connectivity index (χ0) is 23.8. The lowest BCUT2D eigenvalue weighted by Gasteiger charge is -2.11. The lowest BCUT2D eigenvalue weighted by atomic mass is 10.0. The Hall–Kier alpha value is -4.27. The number of esters is 2. The number of phenols is 2. The van der Waals surface area contributed by atoms with Gasteiger partial charge in [-0.15, -0.1) is 0 Å². The van der Waals surface area contributed by atoms with Gasteiger partial charge >= 0.3 is 11.9 Å². The fourth-order valence-corrected chi connectivity index (χ4v) is 2.48. The van der Waals surface area contributed by atoms with Crippen LogP contribution in [0.25, 0.3) is 0 Å². The highest BCUT2D eigenvalue weighted by Gasteiger charge is 2.19. The molecule has 0 fully saturated rings. The van der Waals surface area contributed by atoms with Crippen LogP contribution in [0.15, 0.2) is 60.7 Å². The van der Waals surface area contributed by atoms with E-state index in [1.807, 2.05) is 0 Å². The van der Waals surface area contributed by atoms with Gasteiger partial charge in [-0.1, -0.05) is 13.2 Å². The van der Waals surface area contributed by atoms with E-state index in [-0.39, 0.29) is 58.5 Å². The number of hydrogen-bond acceptors (Lipinski definition) is 9. The average molecular weight is 442 g/mol. The van der Waals surface area contributed by atoms with E-state index in [0.29, 0.717) is 0 Å². The minimum Gasteiger partial charge on any atom is -0.507 e. The molecule has 2 N–H and O–H groups in total. The number of phenolic OH excluding ortho intramolecular Hbond substituents is 2. The standard InChI is InChI=1S/C23H22O9/c1-13(22(27)29-3)11-31-15-5-7-17(19(24)9-15)21(26)18-8-6-16(10-20(18)25)32-12-14(2)23(28)30-4/h5-10,24-25H,1-2,11-12H2,3-4H3. The van der Waals surface area contributed by atoms with E-state index in [9.17, 15) is 24.6 Å². The fourth-order valence-electron chi connectivity index (χ4n) is 2.48. The second-order valence-electron chi connectivity index (χ2n) is 6.45. The number of aromatic hydroxyl groups is 2. The highest BCUT2D eigenvalue weighted by molar-refractivity contribution is 6.12. The van der Waals surface area contributed by atoms with Crippen molar-refractivity contribution in [2.45, 2.75) is 0 Å². The Morgan fingerprint density at radius 1 is 0.750 bits per heavy atom. The summed E-state index contributed by atoms with van der Waals surface area (Å²) < 4.78 is 19.7. The second kappa shape index (κ2) is 10.7. The molecule has 0 heterocycles. The molecular formula is C23H22O9. The van der Waals surface area contributed by atoms with Crippen LogP contribution in [0.5, 0.6) is 23.0 Å². The summed E-state index contributed by atoms with van der Waals surface area (Å²) in [5.41, 5.74) is 0.00318. The molecule has 0 aliphatic heterocycles. The smallest absolute Gasteiger partial charge is 0.336 e. The lowest BCUT2D eigenvalue weighted by molar-refractivity contribution is -0.137. The first-order chi connectivity index (χ1) is 15.2. The second-order valence-corrected chi connectivity index (χ2v) is 6.45. The maximum absolute atomic E-state index is 12.7. The molecule has 0 saturated heterocycles. The predicted molar refractivity (Wildman–Crippen MR) is 113 cm³/mol. The summed E-state index contributed by atoms with van der Waals surface area (Å²) in [4.78, 5) is 35.4. The Morgan fingerprint density at radius 3 is 1.44 bits per heavy atom. The first kappa shape index (κ1) is 24.0. The van der Waals surface area contributed by atoms with E-state index in [1.165, 1.54) is 50.6 Å². The van der Waals surface area contributed by atoms with Crippen LogP contribution in [0.4, 0.5) is 0 Å². The summed E-state index contributed by atoms with van der Waals surface area (Å²) in [6.45, 7) is 6.71. The molecule has 9 heteroatoms. The Kier molecular flexibility index (Phi) is 8.00. The minimum absolute atomic E-state index is 0.0767. The molecule has 0 atom stereocenters. The van der Waals surface area contributed by atoms with Crippen molar-refractivity contribution in [3.63, 3.8) is 0 Å². The SMILES string of the molecule is C=C(COc1ccc(C(=O)c2ccc(OCC(=C)C(=O)OC)cc2O)c(O)c1)C(=O)OC. The van der Waals surface area contributed by atoms with E-state index in [0.717, 1.165) is 0 Å². The Balaban J connectivity index is 2.10. The molecule has 2 rings (SSSR count). The van der Waals surface area contributed by atoms with Crippen LogP contribution in [-0.2, 0) is 19.1 Å². The number of ether oxygens (including phenoxy) is 4. The topological polar surface area (TPSA) is 129 Å². The molecular weight excluding hydrogens is 420 g/mol. The van der Waals surface area contributed by atoms with E-state index in [2.05, 4.69) is 22.6 Å². The molecule has 9 nitrogen and oxygen atoms in total. The predicted octanol–water partition coefficient (Wildman–Crippen LogP) is 2.54. The Morgan fingerprint density at radius 2 is 1.12 bits per heavy atom. The van der Waals surface area contributed by atoms with Crippen molar-refractivity contribution in [3.8, 4) is 23.0 Å². The molecule has 0 bridgehead atoms. The number of ketones is 1. The number of carbonyl (C=O) groups excluding carboxylic acids is 3. The number of benzene rings is 2. The van der Waals surface area contributed by atoms with Crippen molar-refractivity contribution in [1.29, 1.82) is 0 Å². The summed E-state index contributed by atoms with van der Waals surface area (Å²) in [6, 6.07) is 7.88. The maximum Gasteiger partial charge on any atom is 0.336 e. The van der Waals surface area contributed by atoms with Gasteiger partial charge < -0.3 is 29.2 Å². The van der Waals surface area contributed by atoms with E-state index in [4.69, 9.17) is 9.47 Å². The van der Waals surface area contributed by atoms with Gasteiger partial charge in [-0.3, -0.25) is 4.79 Å². The van der Waals surface area contributed by atoms with Gasteiger partial charge in [0.15, 0.2) is 5.78 Å². The summed E-state index contributed by atoms with van der Waals surface area (Å²) in [7, 11) is 2.43. The minimum atomic E-state index is -0.643. The van der Waals surface area contributed by atoms with Crippen LogP contribution in [0.2, 0.25) is 0 Å². The molecule has 2 aromatic rings. The van der Waals surface area contributed by atoms with Crippen LogP contribution < -0.4 is 9.47 Å². The summed E-state index contributed by atoms with van der Waals surface area (Å²) in [6.07, 6.45) is 0. The molecule has 32 heavy (non-hydrogen) atoms. The third kappa shape index (κ3) is 5.88. The first-order valence-corrected chi connectivity index (χ1v) is 9.16. The monoisotopic (exact) mass is 442 g/mol. The highest BCUT2D eigenvalue weighted by Crippen LogP contribution is 2.31. The molecule has 0 radical (unpaired) electrons. The van der Waals surface area contributed by atoms with Crippen LogP contribution in [0, 0.1) is 0 Å². The maximum atomic E-state index is 12.7. The van der Waals surface area contributed by atoms with Crippen LogP contribution in [0.3, 0.4) is 0 Å². The van der Waals surface area contributed by atoms with E-state index < -0.39 is 17.7 Å². The molecule has 0 aliphatic rings. The molecule has 0 unspecified atom stereocenters. The van der Waals surface area contributed by atoms with Crippen molar-refractivity contribution in [2.24, 2.45) is 0 Å². The summed E-state index contributed by atoms with van der Waals surface area (Å²) >= 11 is 0. The van der Waals surface area contributed by atoms with Crippen molar-refractivity contribution >= 4 is 17.7 Å². The normalized spacial score (nSPS) is 10.1. The lowest BCUT2D eigenvalue weighted by Crippen LogP contribution is -2.11. The van der Waals surface area contributed by atoms with Crippen molar-refractivity contribution in [3.05, 3.63) is 71.8 Å². The van der Waals surface area contributed by atoms with Crippen LogP contribution >= 0.6 is 0 Å². The molecule has 168 valence electrons. The van der Waals surface area contributed by atoms with Gasteiger partial charge in [-0.25, -0.2) is 9.59 Å². The third-order valence-electron chi connectivity index (χ3n) is 4.20. The van der Waals surface area contributed by atoms with E-state index >= 15 is 0 Å². The van der Waals surface area contributed by atoms with Crippen LogP contribution in [0.1, 0.15) is 15.9 Å². The summed E-state index contributed by atoms with van der Waals surface area (Å²) in [5.74, 6) is -2.27. The van der Waals surface area contributed by atoms with E-state index in [1.54, 1.807) is 0 Å². The average Bonchev–Trinajstić information content (AvgIpc) is 2.79. The quantitative estimate of drug-likeness (QED) is 0.324. The van der Waals surface area contributed by atoms with Gasteiger partial charge in [0.2, 0.25) is 0 Å². The van der Waals surface area contributed by atoms with Gasteiger partial charge in [0.1, 0.15) is 36.2 Å². The van der Waals surface area contributed by atoms with Crippen molar-refractivity contribution in [2.75, 3.05) is 27.4 Å². The molecule has 0 aliphatic carbocycles. The summed E-state index contributed by atoms with van der Waals surface area (Å²) in [5, 5.41) is 20.5. The Labute approximate surface area is 184 Å². The van der Waals surface area contributed by atoms with Gasteiger partial charge in [0.05, 0.1) is 36.5 Å². The van der Waals surface area contributed by atoms with Crippen molar-refractivity contribution < 1.29 is 43.5 Å². The van der Waals surface area contributed by atoms with Gasteiger partial charge in [0, 0.05) is 12.1 Å². The third-order valence-corrected chi connectivity index (χ3v) is 4.20. The van der Waals surface area contributed by atoms with Crippen molar-refractivity contribution in [1.82, 2.24) is 0 Å². The largest absolute Gasteiger partial charge is 0.507 e. The molecule has 0 aromatic heterocycles. The number of methoxy groups -OCH3 is 2. The zero-order valence-electron chi connectivity index (χ0n) is 17.5.